The number of nitro groups is 1. The van der Waals surface area contributed by atoms with Crippen molar-refractivity contribution >= 4 is 17.4 Å². The minimum absolute atomic E-state index is 0.165. The van der Waals surface area contributed by atoms with Crippen LogP contribution in [-0.4, -0.2) is 16.7 Å². The highest BCUT2D eigenvalue weighted by Gasteiger charge is 2.21. The van der Waals surface area contributed by atoms with Crippen molar-refractivity contribution in [1.82, 2.24) is 5.32 Å². The maximum atomic E-state index is 10.7. The Kier molecular flexibility index (Phi) is 3.46. The molecule has 1 aromatic carbocycles. The van der Waals surface area contributed by atoms with E-state index in [0.717, 1.165) is 18.5 Å². The number of nitrogens with zero attached hydrogens (tertiary/aromatic N) is 1. The van der Waals surface area contributed by atoms with Crippen molar-refractivity contribution in [2.24, 2.45) is 0 Å². The van der Waals surface area contributed by atoms with Gasteiger partial charge in [-0.25, -0.2) is 0 Å². The normalized spacial score (nSPS) is 25.3. The van der Waals surface area contributed by atoms with Crippen LogP contribution in [0.3, 0.4) is 0 Å². The minimum atomic E-state index is -0.347. The standard InChI is InChI=1S/C11H14N2O2S/c1-8-5-6-12-11(16-8)9-3-2-4-10(7-9)13(14)15/h2-4,7-8,11-12H,5-6H2,1H3. The van der Waals surface area contributed by atoms with Gasteiger partial charge in [0.05, 0.1) is 10.3 Å². The lowest BCUT2D eigenvalue weighted by molar-refractivity contribution is -0.384. The lowest BCUT2D eigenvalue weighted by Gasteiger charge is -2.27. The van der Waals surface area contributed by atoms with Crippen LogP contribution in [0.15, 0.2) is 24.3 Å². The first-order valence-corrected chi connectivity index (χ1v) is 6.24. The zero-order chi connectivity index (χ0) is 11.5. The molecule has 86 valence electrons. The number of benzene rings is 1. The van der Waals surface area contributed by atoms with E-state index in [1.54, 1.807) is 12.1 Å². The third-order valence-corrected chi connectivity index (χ3v) is 4.04. The molecule has 0 aliphatic carbocycles. The fraction of sp³-hybridized carbons (Fsp3) is 0.455. The van der Waals surface area contributed by atoms with Crippen LogP contribution >= 0.6 is 11.8 Å². The molecule has 1 saturated heterocycles. The Morgan fingerprint density at radius 3 is 3.06 bits per heavy atom. The maximum absolute atomic E-state index is 10.7. The molecule has 1 aromatic rings. The van der Waals surface area contributed by atoms with E-state index in [1.165, 1.54) is 6.07 Å². The summed E-state index contributed by atoms with van der Waals surface area (Å²) in [4.78, 5) is 10.3. The summed E-state index contributed by atoms with van der Waals surface area (Å²) < 4.78 is 0. The summed E-state index contributed by atoms with van der Waals surface area (Å²) in [6, 6.07) is 6.87. The van der Waals surface area contributed by atoms with Crippen molar-refractivity contribution in [2.75, 3.05) is 6.54 Å². The zero-order valence-electron chi connectivity index (χ0n) is 9.05. The Bertz CT molecular complexity index is 397. The molecule has 1 fully saturated rings. The second kappa shape index (κ2) is 4.84. The van der Waals surface area contributed by atoms with Crippen molar-refractivity contribution in [3.63, 3.8) is 0 Å². The summed E-state index contributed by atoms with van der Waals surface area (Å²) >= 11 is 1.83. The first-order chi connectivity index (χ1) is 7.66. The number of rotatable bonds is 2. The van der Waals surface area contributed by atoms with Crippen molar-refractivity contribution in [3.05, 3.63) is 39.9 Å². The van der Waals surface area contributed by atoms with E-state index in [1.807, 2.05) is 17.8 Å². The SMILES string of the molecule is CC1CCNC(c2cccc([N+](=O)[O-])c2)S1. The molecule has 0 radical (unpaired) electrons. The Labute approximate surface area is 98.6 Å². The summed E-state index contributed by atoms with van der Waals surface area (Å²) in [5.41, 5.74) is 1.16. The van der Waals surface area contributed by atoms with Gasteiger partial charge in [-0.15, -0.1) is 11.8 Å². The highest BCUT2D eigenvalue weighted by atomic mass is 32.2. The van der Waals surface area contributed by atoms with Gasteiger partial charge in [0.25, 0.3) is 5.69 Å². The van der Waals surface area contributed by atoms with Crippen LogP contribution in [0.1, 0.15) is 24.3 Å². The molecule has 0 saturated carbocycles. The Hall–Kier alpha value is -1.07. The molecule has 2 rings (SSSR count). The van der Waals surface area contributed by atoms with Gasteiger partial charge in [-0.3, -0.25) is 10.1 Å². The number of non-ortho nitro benzene ring substituents is 1. The molecule has 1 heterocycles. The lowest BCUT2D eigenvalue weighted by atomic mass is 10.2. The molecule has 5 heteroatoms. The molecular formula is C11H14N2O2S. The number of hydrogen-bond donors (Lipinski definition) is 1. The molecule has 1 aliphatic heterocycles. The first-order valence-electron chi connectivity index (χ1n) is 5.30. The van der Waals surface area contributed by atoms with Gasteiger partial charge in [-0.2, -0.15) is 0 Å². The number of thioether (sulfide) groups is 1. The predicted octanol–water partition coefficient (Wildman–Crippen LogP) is 2.71. The second-order valence-electron chi connectivity index (χ2n) is 3.92. The van der Waals surface area contributed by atoms with Gasteiger partial charge in [-0.05, 0) is 18.5 Å². The highest BCUT2D eigenvalue weighted by molar-refractivity contribution is 8.00. The lowest BCUT2D eigenvalue weighted by Crippen LogP contribution is -2.28. The quantitative estimate of drug-likeness (QED) is 0.635. The topological polar surface area (TPSA) is 55.2 Å². The van der Waals surface area contributed by atoms with E-state index in [4.69, 9.17) is 0 Å². The summed E-state index contributed by atoms with van der Waals surface area (Å²) in [7, 11) is 0. The summed E-state index contributed by atoms with van der Waals surface area (Å²) in [5.74, 6) is 0. The molecular weight excluding hydrogens is 224 g/mol. The van der Waals surface area contributed by atoms with Crippen molar-refractivity contribution in [3.8, 4) is 0 Å². The maximum Gasteiger partial charge on any atom is 0.269 e. The van der Waals surface area contributed by atoms with Crippen LogP contribution < -0.4 is 5.32 Å². The minimum Gasteiger partial charge on any atom is -0.302 e. The van der Waals surface area contributed by atoms with E-state index >= 15 is 0 Å². The summed E-state index contributed by atoms with van der Waals surface area (Å²) in [6.45, 7) is 3.16. The predicted molar refractivity (Wildman–Crippen MR) is 65.5 cm³/mol. The smallest absolute Gasteiger partial charge is 0.269 e. The van der Waals surface area contributed by atoms with E-state index in [-0.39, 0.29) is 16.0 Å². The van der Waals surface area contributed by atoms with Gasteiger partial charge in [0.2, 0.25) is 0 Å². The Morgan fingerprint density at radius 2 is 2.38 bits per heavy atom. The Balaban J connectivity index is 2.19. The van der Waals surface area contributed by atoms with Gasteiger partial charge < -0.3 is 5.32 Å². The fourth-order valence-electron chi connectivity index (χ4n) is 1.76. The number of nitro benzene ring substituents is 1. The summed E-state index contributed by atoms with van der Waals surface area (Å²) in [5, 5.41) is 14.8. The molecule has 4 nitrogen and oxygen atoms in total. The third-order valence-electron chi connectivity index (χ3n) is 2.63. The fourth-order valence-corrected chi connectivity index (χ4v) is 3.00. The first kappa shape index (κ1) is 11.4. The molecule has 2 atom stereocenters. The highest BCUT2D eigenvalue weighted by Crippen LogP contribution is 2.35. The van der Waals surface area contributed by atoms with E-state index in [0.29, 0.717) is 5.25 Å². The molecule has 2 unspecified atom stereocenters. The van der Waals surface area contributed by atoms with Gasteiger partial charge >= 0.3 is 0 Å². The van der Waals surface area contributed by atoms with Crippen LogP contribution in [0.5, 0.6) is 0 Å². The average Bonchev–Trinajstić information content (AvgIpc) is 2.29. The monoisotopic (exact) mass is 238 g/mol. The van der Waals surface area contributed by atoms with Crippen molar-refractivity contribution in [2.45, 2.75) is 24.0 Å². The molecule has 1 N–H and O–H groups in total. The molecule has 0 spiro atoms. The average molecular weight is 238 g/mol. The molecule has 0 bridgehead atoms. The van der Waals surface area contributed by atoms with E-state index < -0.39 is 0 Å². The van der Waals surface area contributed by atoms with Gasteiger partial charge in [-0.1, -0.05) is 19.1 Å². The van der Waals surface area contributed by atoms with Crippen LogP contribution in [-0.2, 0) is 0 Å². The van der Waals surface area contributed by atoms with E-state index in [9.17, 15) is 10.1 Å². The molecule has 0 aromatic heterocycles. The molecule has 1 aliphatic rings. The van der Waals surface area contributed by atoms with Gasteiger partial charge in [0.1, 0.15) is 0 Å². The van der Waals surface area contributed by atoms with Crippen LogP contribution in [0.4, 0.5) is 5.69 Å². The van der Waals surface area contributed by atoms with Gasteiger partial charge in [0, 0.05) is 17.4 Å². The third kappa shape index (κ3) is 2.54. The number of nitrogens with one attached hydrogen (secondary N) is 1. The largest absolute Gasteiger partial charge is 0.302 e. The molecule has 0 amide bonds. The van der Waals surface area contributed by atoms with Crippen LogP contribution in [0, 0.1) is 10.1 Å². The van der Waals surface area contributed by atoms with Crippen LogP contribution in [0.2, 0.25) is 0 Å². The number of hydrogen-bond acceptors (Lipinski definition) is 4. The second-order valence-corrected chi connectivity index (χ2v) is 5.47. The van der Waals surface area contributed by atoms with Crippen molar-refractivity contribution in [1.29, 1.82) is 0 Å². The van der Waals surface area contributed by atoms with Crippen LogP contribution in [0.25, 0.3) is 0 Å². The zero-order valence-corrected chi connectivity index (χ0v) is 9.87. The molecule has 16 heavy (non-hydrogen) atoms. The Morgan fingerprint density at radius 1 is 1.56 bits per heavy atom. The van der Waals surface area contributed by atoms with E-state index in [2.05, 4.69) is 12.2 Å². The van der Waals surface area contributed by atoms with Crippen molar-refractivity contribution < 1.29 is 4.92 Å². The summed E-state index contributed by atoms with van der Waals surface area (Å²) in [6.07, 6.45) is 1.15. The van der Waals surface area contributed by atoms with Gasteiger partial charge in [0.15, 0.2) is 0 Å².